The zero-order chi connectivity index (χ0) is 30.2. The molecule has 228 valence electrons. The van der Waals surface area contributed by atoms with Crippen molar-refractivity contribution in [1.29, 1.82) is 0 Å². The molecule has 0 aliphatic heterocycles. The van der Waals surface area contributed by atoms with Gasteiger partial charge >= 0.3 is 5.97 Å². The molecule has 0 saturated heterocycles. The van der Waals surface area contributed by atoms with Crippen LogP contribution in [0.25, 0.3) is 10.9 Å². The standard InChI is InChI=1S/C28H45N7O5S/c1-41-15-12-20(31)25(36)35-24(16-18-17-32-21-9-3-2-8-19(18)21)27(38)33-22(10-4-6-13-29)26(37)34-23(28(39)40)11-5-7-14-30/h2-3,8-9,17,20,22-24,32H,4-7,10-16,29-31H2,1H3,(H,33,38)(H,34,37)(H,35,36)(H,39,40). The van der Waals surface area contributed by atoms with Gasteiger partial charge in [0.05, 0.1) is 6.04 Å². The average Bonchev–Trinajstić information content (AvgIpc) is 3.36. The minimum Gasteiger partial charge on any atom is -0.480 e. The number of hydrogen-bond donors (Lipinski definition) is 8. The van der Waals surface area contributed by atoms with Crippen LogP contribution in [0.15, 0.2) is 30.5 Å². The van der Waals surface area contributed by atoms with E-state index in [0.29, 0.717) is 50.9 Å². The van der Waals surface area contributed by atoms with Gasteiger partial charge in [0, 0.05) is 23.5 Å². The number of H-pyrrole nitrogens is 1. The quantitative estimate of drug-likeness (QED) is 0.101. The number of rotatable bonds is 20. The molecule has 1 heterocycles. The summed E-state index contributed by atoms with van der Waals surface area (Å²) in [6.45, 7) is 0.828. The zero-order valence-corrected chi connectivity index (χ0v) is 24.5. The molecule has 0 fully saturated rings. The van der Waals surface area contributed by atoms with Crippen LogP contribution in [-0.4, -0.2) is 83.0 Å². The van der Waals surface area contributed by atoms with E-state index < -0.39 is 47.9 Å². The molecule has 0 saturated carbocycles. The predicted octanol–water partition coefficient (Wildman–Crippen LogP) is 0.588. The molecular formula is C28H45N7O5S. The number of carboxylic acids is 1. The highest BCUT2D eigenvalue weighted by Gasteiger charge is 2.30. The van der Waals surface area contributed by atoms with Crippen molar-refractivity contribution in [2.45, 2.75) is 75.5 Å². The number of hydrogen-bond acceptors (Lipinski definition) is 8. The minimum atomic E-state index is -1.16. The number of fused-ring (bicyclic) bond motifs is 1. The van der Waals surface area contributed by atoms with Gasteiger partial charge in [-0.25, -0.2) is 4.79 Å². The molecule has 0 spiro atoms. The molecule has 1 aromatic heterocycles. The summed E-state index contributed by atoms with van der Waals surface area (Å²) in [6.07, 6.45) is 7.11. The maximum absolute atomic E-state index is 13.6. The Balaban J connectivity index is 2.26. The van der Waals surface area contributed by atoms with Crippen LogP contribution in [-0.2, 0) is 25.6 Å². The predicted molar refractivity (Wildman–Crippen MR) is 162 cm³/mol. The first-order valence-electron chi connectivity index (χ1n) is 14.0. The first-order chi connectivity index (χ1) is 19.7. The largest absolute Gasteiger partial charge is 0.480 e. The van der Waals surface area contributed by atoms with Crippen molar-refractivity contribution in [2.75, 3.05) is 25.1 Å². The monoisotopic (exact) mass is 591 g/mol. The van der Waals surface area contributed by atoms with E-state index >= 15 is 0 Å². The van der Waals surface area contributed by atoms with Crippen molar-refractivity contribution >= 4 is 46.4 Å². The number of benzene rings is 1. The van der Waals surface area contributed by atoms with E-state index in [9.17, 15) is 24.3 Å². The molecule has 11 N–H and O–H groups in total. The number of carbonyl (C=O) groups excluding carboxylic acids is 3. The van der Waals surface area contributed by atoms with Gasteiger partial charge in [0.15, 0.2) is 0 Å². The lowest BCUT2D eigenvalue weighted by molar-refractivity contribution is -0.142. The van der Waals surface area contributed by atoms with E-state index in [2.05, 4.69) is 20.9 Å². The minimum absolute atomic E-state index is 0.158. The molecule has 0 aliphatic rings. The molecule has 0 radical (unpaired) electrons. The molecule has 13 heteroatoms. The average molecular weight is 592 g/mol. The van der Waals surface area contributed by atoms with Crippen LogP contribution in [0, 0.1) is 0 Å². The zero-order valence-electron chi connectivity index (χ0n) is 23.7. The molecule has 4 atom stereocenters. The van der Waals surface area contributed by atoms with Gasteiger partial charge in [-0.05, 0) is 81.7 Å². The molecule has 3 amide bonds. The lowest BCUT2D eigenvalue weighted by Crippen LogP contribution is -2.57. The summed E-state index contributed by atoms with van der Waals surface area (Å²) >= 11 is 1.57. The Hall–Kier alpha value is -3.13. The topological polar surface area (TPSA) is 218 Å². The van der Waals surface area contributed by atoms with Crippen LogP contribution >= 0.6 is 11.8 Å². The van der Waals surface area contributed by atoms with E-state index in [-0.39, 0.29) is 19.3 Å². The van der Waals surface area contributed by atoms with Gasteiger partial charge in [-0.15, -0.1) is 0 Å². The maximum atomic E-state index is 13.6. The molecule has 2 rings (SSSR count). The molecule has 2 aromatic rings. The van der Waals surface area contributed by atoms with E-state index in [1.807, 2.05) is 30.5 Å². The van der Waals surface area contributed by atoms with Crippen molar-refractivity contribution in [2.24, 2.45) is 17.2 Å². The number of aliphatic carboxylic acids is 1. The van der Waals surface area contributed by atoms with Gasteiger partial charge in [0.1, 0.15) is 18.1 Å². The summed E-state index contributed by atoms with van der Waals surface area (Å²) in [5, 5.41) is 18.6. The van der Waals surface area contributed by atoms with Crippen molar-refractivity contribution in [1.82, 2.24) is 20.9 Å². The first-order valence-corrected chi connectivity index (χ1v) is 15.4. The molecule has 0 aliphatic carbocycles. The molecule has 4 unspecified atom stereocenters. The van der Waals surface area contributed by atoms with E-state index in [1.165, 1.54) is 0 Å². The van der Waals surface area contributed by atoms with Gasteiger partial charge in [-0.1, -0.05) is 18.2 Å². The number of nitrogens with two attached hydrogens (primary N) is 3. The van der Waals surface area contributed by atoms with Crippen molar-refractivity contribution < 1.29 is 24.3 Å². The summed E-state index contributed by atoms with van der Waals surface area (Å²) in [5.41, 5.74) is 18.9. The van der Waals surface area contributed by atoms with E-state index in [0.717, 1.165) is 16.5 Å². The third kappa shape index (κ3) is 11.3. The lowest BCUT2D eigenvalue weighted by Gasteiger charge is -2.25. The Kier molecular flexibility index (Phi) is 15.2. The number of para-hydroxylation sites is 1. The number of carboxylic acid groups (broad SMARTS) is 1. The number of carbonyl (C=O) groups is 4. The molecule has 0 bridgehead atoms. The van der Waals surface area contributed by atoms with Crippen LogP contribution < -0.4 is 33.2 Å². The number of amides is 3. The Labute approximate surface area is 245 Å². The SMILES string of the molecule is CSCCC(N)C(=O)NC(Cc1c[nH]c2ccccc12)C(=O)NC(CCCCN)C(=O)NC(CCCCN)C(=O)O. The second kappa shape index (κ2) is 18.3. The van der Waals surface area contributed by atoms with Gasteiger partial charge < -0.3 is 43.2 Å². The normalized spacial score (nSPS) is 14.1. The van der Waals surface area contributed by atoms with Crippen LogP contribution in [0.3, 0.4) is 0 Å². The van der Waals surface area contributed by atoms with Crippen LogP contribution in [0.4, 0.5) is 0 Å². The van der Waals surface area contributed by atoms with Crippen molar-refractivity contribution in [3.05, 3.63) is 36.0 Å². The third-order valence-electron chi connectivity index (χ3n) is 6.84. The van der Waals surface area contributed by atoms with Crippen molar-refractivity contribution in [3.8, 4) is 0 Å². The second-order valence-electron chi connectivity index (χ2n) is 10.0. The molecular weight excluding hydrogens is 546 g/mol. The van der Waals surface area contributed by atoms with Gasteiger partial charge in [-0.2, -0.15) is 11.8 Å². The Morgan fingerprint density at radius 1 is 0.854 bits per heavy atom. The fraction of sp³-hybridized carbons (Fsp3) is 0.571. The van der Waals surface area contributed by atoms with Crippen molar-refractivity contribution in [3.63, 3.8) is 0 Å². The Morgan fingerprint density at radius 3 is 2.07 bits per heavy atom. The highest BCUT2D eigenvalue weighted by Crippen LogP contribution is 2.19. The van der Waals surface area contributed by atoms with E-state index in [1.54, 1.807) is 18.0 Å². The summed E-state index contributed by atoms with van der Waals surface area (Å²) in [4.78, 5) is 54.7. The highest BCUT2D eigenvalue weighted by atomic mass is 32.2. The van der Waals surface area contributed by atoms with Gasteiger partial charge in [0.25, 0.3) is 0 Å². The summed E-state index contributed by atoms with van der Waals surface area (Å²) in [6, 6.07) is 3.66. The number of aromatic nitrogens is 1. The third-order valence-corrected chi connectivity index (χ3v) is 7.49. The first kappa shape index (κ1) is 34.1. The highest BCUT2D eigenvalue weighted by molar-refractivity contribution is 7.98. The maximum Gasteiger partial charge on any atom is 0.326 e. The fourth-order valence-electron chi connectivity index (χ4n) is 4.44. The molecule has 41 heavy (non-hydrogen) atoms. The Morgan fingerprint density at radius 2 is 1.44 bits per heavy atom. The fourth-order valence-corrected chi connectivity index (χ4v) is 4.93. The smallest absolute Gasteiger partial charge is 0.326 e. The van der Waals surface area contributed by atoms with E-state index in [4.69, 9.17) is 17.2 Å². The second-order valence-corrected chi connectivity index (χ2v) is 11.0. The number of aromatic amines is 1. The van der Waals surface area contributed by atoms with Crippen LogP contribution in [0.2, 0.25) is 0 Å². The van der Waals surface area contributed by atoms with Gasteiger partial charge in [-0.3, -0.25) is 14.4 Å². The van der Waals surface area contributed by atoms with Gasteiger partial charge in [0.2, 0.25) is 17.7 Å². The van der Waals surface area contributed by atoms with Crippen LogP contribution in [0.1, 0.15) is 50.5 Å². The summed E-state index contributed by atoms with van der Waals surface area (Å²) in [7, 11) is 0. The Bertz CT molecular complexity index is 1130. The molecule has 12 nitrogen and oxygen atoms in total. The lowest BCUT2D eigenvalue weighted by atomic mass is 10.0. The van der Waals surface area contributed by atoms with Crippen LogP contribution in [0.5, 0.6) is 0 Å². The summed E-state index contributed by atoms with van der Waals surface area (Å²) < 4.78 is 0. The number of thioether (sulfide) groups is 1. The number of nitrogens with one attached hydrogen (secondary N) is 4. The molecule has 1 aromatic carbocycles. The number of unbranched alkanes of at least 4 members (excludes halogenated alkanes) is 2. The summed E-state index contributed by atoms with van der Waals surface area (Å²) in [5.74, 6) is -2.11.